The molecule has 0 aliphatic carbocycles. The third-order valence-electron chi connectivity index (χ3n) is 3.72. The monoisotopic (exact) mass is 334 g/mol. The molecular weight excluding hydrogens is 313 g/mol. The van der Waals surface area contributed by atoms with Gasteiger partial charge >= 0.3 is 6.18 Å². The number of carbonyl (C=O) groups excluding carboxylic acids is 1. The van der Waals surface area contributed by atoms with Crippen LogP contribution in [0.15, 0.2) is 22.8 Å². The van der Waals surface area contributed by atoms with Crippen molar-refractivity contribution in [1.82, 2.24) is 9.80 Å². The molecule has 0 radical (unpaired) electrons. The van der Waals surface area contributed by atoms with Crippen LogP contribution in [0.5, 0.6) is 0 Å². The number of rotatable bonds is 5. The Kier molecular flexibility index (Phi) is 5.69. The number of nitrogens with zero attached hydrogens (tertiary/aromatic N) is 2. The van der Waals surface area contributed by atoms with E-state index in [1.807, 2.05) is 18.7 Å². The minimum atomic E-state index is -4.45. The lowest BCUT2D eigenvalue weighted by Crippen LogP contribution is -2.52. The highest BCUT2D eigenvalue weighted by Gasteiger charge is 2.35. The standard InChI is InChI=1S/C15H21F3N2O3/c1-11-9-23-12(2)6-19(11)8-14(21)20(10-15(16,17)18)7-13-4-3-5-22-13/h3-5,11-12H,6-10H2,1-2H3. The summed E-state index contributed by atoms with van der Waals surface area (Å²) in [5.41, 5.74) is 0. The molecule has 5 nitrogen and oxygen atoms in total. The first-order valence-corrected chi connectivity index (χ1v) is 7.47. The largest absolute Gasteiger partial charge is 0.467 e. The maximum Gasteiger partial charge on any atom is 0.406 e. The molecule has 8 heteroatoms. The molecule has 1 aromatic rings. The van der Waals surface area contributed by atoms with Crippen molar-refractivity contribution >= 4 is 5.91 Å². The molecule has 0 spiro atoms. The normalized spacial score (nSPS) is 23.0. The van der Waals surface area contributed by atoms with Crippen LogP contribution < -0.4 is 0 Å². The summed E-state index contributed by atoms with van der Waals surface area (Å²) >= 11 is 0. The van der Waals surface area contributed by atoms with Crippen molar-refractivity contribution in [3.05, 3.63) is 24.2 Å². The van der Waals surface area contributed by atoms with Crippen LogP contribution in [0.2, 0.25) is 0 Å². The van der Waals surface area contributed by atoms with Gasteiger partial charge in [-0.15, -0.1) is 0 Å². The zero-order valence-corrected chi connectivity index (χ0v) is 13.2. The molecule has 1 aliphatic heterocycles. The van der Waals surface area contributed by atoms with Gasteiger partial charge in [0.2, 0.25) is 5.91 Å². The van der Waals surface area contributed by atoms with Crippen LogP contribution in [0.1, 0.15) is 19.6 Å². The molecule has 130 valence electrons. The third-order valence-corrected chi connectivity index (χ3v) is 3.72. The van der Waals surface area contributed by atoms with E-state index in [2.05, 4.69) is 0 Å². The summed E-state index contributed by atoms with van der Waals surface area (Å²) in [6.45, 7) is 3.20. The molecule has 2 heterocycles. The fraction of sp³-hybridized carbons (Fsp3) is 0.667. The molecule has 1 amide bonds. The first-order valence-electron chi connectivity index (χ1n) is 7.47. The van der Waals surface area contributed by atoms with Crippen molar-refractivity contribution < 1.29 is 27.1 Å². The zero-order chi connectivity index (χ0) is 17.0. The van der Waals surface area contributed by atoms with Crippen molar-refractivity contribution in [3.63, 3.8) is 0 Å². The summed E-state index contributed by atoms with van der Waals surface area (Å²) in [5, 5.41) is 0. The molecular formula is C15H21F3N2O3. The fourth-order valence-electron chi connectivity index (χ4n) is 2.51. The molecule has 0 aromatic carbocycles. The van der Waals surface area contributed by atoms with Crippen LogP contribution in [0, 0.1) is 0 Å². The number of halogens is 3. The second kappa shape index (κ2) is 7.35. The van der Waals surface area contributed by atoms with E-state index in [4.69, 9.17) is 9.15 Å². The second-order valence-electron chi connectivity index (χ2n) is 5.87. The van der Waals surface area contributed by atoms with E-state index >= 15 is 0 Å². The second-order valence-corrected chi connectivity index (χ2v) is 5.87. The molecule has 1 fully saturated rings. The van der Waals surface area contributed by atoms with Gasteiger partial charge in [-0.1, -0.05) is 0 Å². The Morgan fingerprint density at radius 1 is 1.43 bits per heavy atom. The molecule has 23 heavy (non-hydrogen) atoms. The first-order chi connectivity index (χ1) is 10.7. The minimum absolute atomic E-state index is 0.00787. The van der Waals surface area contributed by atoms with Gasteiger partial charge in [0.15, 0.2) is 0 Å². The number of alkyl halides is 3. The van der Waals surface area contributed by atoms with E-state index in [-0.39, 0.29) is 25.2 Å². The van der Waals surface area contributed by atoms with Crippen LogP contribution in [0.25, 0.3) is 0 Å². The number of carbonyl (C=O) groups is 1. The van der Waals surface area contributed by atoms with Crippen molar-refractivity contribution in [2.45, 2.75) is 38.7 Å². The molecule has 0 bridgehead atoms. The van der Waals surface area contributed by atoms with E-state index < -0.39 is 18.6 Å². The predicted molar refractivity (Wildman–Crippen MR) is 76.6 cm³/mol. The van der Waals surface area contributed by atoms with Gasteiger partial charge in [0.25, 0.3) is 0 Å². The Morgan fingerprint density at radius 2 is 2.17 bits per heavy atom. The SMILES string of the molecule is CC1CN(CC(=O)N(Cc2ccco2)CC(F)(F)F)C(C)CO1. The van der Waals surface area contributed by atoms with Gasteiger partial charge in [-0.25, -0.2) is 0 Å². The van der Waals surface area contributed by atoms with Gasteiger partial charge in [0, 0.05) is 12.6 Å². The van der Waals surface area contributed by atoms with Crippen molar-refractivity contribution in [1.29, 1.82) is 0 Å². The average Bonchev–Trinajstić information content (AvgIpc) is 2.93. The van der Waals surface area contributed by atoms with E-state index in [0.29, 0.717) is 18.9 Å². The van der Waals surface area contributed by atoms with E-state index in [0.717, 1.165) is 4.90 Å². The number of hydrogen-bond acceptors (Lipinski definition) is 4. The van der Waals surface area contributed by atoms with Gasteiger partial charge in [0.1, 0.15) is 12.3 Å². The Morgan fingerprint density at radius 3 is 2.78 bits per heavy atom. The number of amides is 1. The van der Waals surface area contributed by atoms with Gasteiger partial charge in [-0.2, -0.15) is 13.2 Å². The van der Waals surface area contributed by atoms with Crippen LogP contribution in [0.3, 0.4) is 0 Å². The predicted octanol–water partition coefficient (Wildman–Crippen LogP) is 2.28. The summed E-state index contributed by atoms with van der Waals surface area (Å²) in [4.78, 5) is 15.0. The van der Waals surface area contributed by atoms with Crippen molar-refractivity contribution in [3.8, 4) is 0 Å². The van der Waals surface area contributed by atoms with Gasteiger partial charge in [-0.05, 0) is 26.0 Å². The number of hydrogen-bond donors (Lipinski definition) is 0. The van der Waals surface area contributed by atoms with Crippen molar-refractivity contribution in [2.75, 3.05) is 26.2 Å². The van der Waals surface area contributed by atoms with Crippen LogP contribution in [0.4, 0.5) is 13.2 Å². The van der Waals surface area contributed by atoms with Crippen LogP contribution in [-0.4, -0.2) is 60.3 Å². The average molecular weight is 334 g/mol. The zero-order valence-electron chi connectivity index (χ0n) is 13.2. The number of ether oxygens (including phenoxy) is 1. The quantitative estimate of drug-likeness (QED) is 0.829. The smallest absolute Gasteiger partial charge is 0.406 e. The highest BCUT2D eigenvalue weighted by Crippen LogP contribution is 2.19. The van der Waals surface area contributed by atoms with Gasteiger partial charge in [-0.3, -0.25) is 9.69 Å². The lowest BCUT2D eigenvalue weighted by atomic mass is 10.2. The molecule has 2 rings (SSSR count). The van der Waals surface area contributed by atoms with E-state index in [9.17, 15) is 18.0 Å². The molecule has 1 saturated heterocycles. The summed E-state index contributed by atoms with van der Waals surface area (Å²) in [5.74, 6) is -0.245. The molecule has 1 aromatic heterocycles. The lowest BCUT2D eigenvalue weighted by Gasteiger charge is -2.37. The fourth-order valence-corrected chi connectivity index (χ4v) is 2.51. The maximum atomic E-state index is 12.8. The highest BCUT2D eigenvalue weighted by atomic mass is 19.4. The number of furan rings is 1. The van der Waals surface area contributed by atoms with E-state index in [1.165, 1.54) is 6.26 Å². The first kappa shape index (κ1) is 17.8. The minimum Gasteiger partial charge on any atom is -0.467 e. The van der Waals surface area contributed by atoms with Gasteiger partial charge in [0.05, 0.1) is 32.1 Å². The molecule has 0 N–H and O–H groups in total. The van der Waals surface area contributed by atoms with Crippen LogP contribution >= 0.6 is 0 Å². The number of morpholine rings is 1. The highest BCUT2D eigenvalue weighted by molar-refractivity contribution is 5.78. The Labute approximate surface area is 133 Å². The van der Waals surface area contributed by atoms with Gasteiger partial charge < -0.3 is 14.1 Å². The Balaban J connectivity index is 2.03. The molecule has 0 saturated carbocycles. The molecule has 1 aliphatic rings. The lowest BCUT2D eigenvalue weighted by molar-refractivity contribution is -0.165. The Hall–Kier alpha value is -1.54. The van der Waals surface area contributed by atoms with Crippen molar-refractivity contribution in [2.24, 2.45) is 0 Å². The molecule has 2 unspecified atom stereocenters. The summed E-state index contributed by atoms with van der Waals surface area (Å²) in [6.07, 6.45) is -3.12. The topological polar surface area (TPSA) is 45.9 Å². The third kappa shape index (κ3) is 5.54. The molecule has 2 atom stereocenters. The summed E-state index contributed by atoms with van der Waals surface area (Å²) in [7, 11) is 0. The maximum absolute atomic E-state index is 12.8. The summed E-state index contributed by atoms with van der Waals surface area (Å²) in [6, 6.07) is 3.12. The van der Waals surface area contributed by atoms with E-state index in [1.54, 1.807) is 12.1 Å². The van der Waals surface area contributed by atoms with Crippen LogP contribution in [-0.2, 0) is 16.1 Å². The summed E-state index contributed by atoms with van der Waals surface area (Å²) < 4.78 is 48.8. The Bertz CT molecular complexity index is 505.